The Bertz CT molecular complexity index is 1040. The van der Waals surface area contributed by atoms with Gasteiger partial charge in [-0.15, -0.1) is 0 Å². The van der Waals surface area contributed by atoms with Crippen LogP contribution in [0.2, 0.25) is 0 Å². The smallest absolute Gasteiger partial charge is 0.258 e. The van der Waals surface area contributed by atoms with Gasteiger partial charge in [-0.25, -0.2) is 15.0 Å². The van der Waals surface area contributed by atoms with E-state index in [1.54, 1.807) is 13.2 Å². The quantitative estimate of drug-likeness (QED) is 0.670. The van der Waals surface area contributed by atoms with Gasteiger partial charge in [-0.05, 0) is 25.0 Å². The van der Waals surface area contributed by atoms with Gasteiger partial charge in [0, 0.05) is 37.9 Å². The van der Waals surface area contributed by atoms with Crippen molar-refractivity contribution in [3.8, 4) is 0 Å². The van der Waals surface area contributed by atoms with Crippen LogP contribution in [-0.4, -0.2) is 40.1 Å². The fraction of sp³-hybridized carbons (Fsp3) is 0.400. The molecule has 8 heteroatoms. The van der Waals surface area contributed by atoms with E-state index in [1.165, 1.54) is 0 Å². The van der Waals surface area contributed by atoms with E-state index in [1.807, 2.05) is 36.2 Å². The number of nitrogens with one attached hydrogen (secondary N) is 1. The van der Waals surface area contributed by atoms with E-state index in [4.69, 9.17) is 10.5 Å². The fourth-order valence-corrected chi connectivity index (χ4v) is 3.52. The number of fused-ring (bicyclic) bond motifs is 1. The van der Waals surface area contributed by atoms with Crippen molar-refractivity contribution in [3.63, 3.8) is 0 Å². The monoisotopic (exact) mass is 380 g/mol. The number of rotatable bonds is 6. The van der Waals surface area contributed by atoms with Crippen LogP contribution in [0.15, 0.2) is 35.1 Å². The van der Waals surface area contributed by atoms with Crippen molar-refractivity contribution in [2.75, 3.05) is 19.1 Å². The van der Waals surface area contributed by atoms with Crippen LogP contribution < -0.4 is 16.2 Å². The molecule has 0 unspecified atom stereocenters. The molecule has 1 aromatic carbocycles. The molecule has 0 amide bonds. The predicted molar refractivity (Wildman–Crippen MR) is 107 cm³/mol. The second-order valence-corrected chi connectivity index (χ2v) is 7.31. The minimum atomic E-state index is -0.138. The average Bonchev–Trinajstić information content (AvgIpc) is 2.65. The van der Waals surface area contributed by atoms with Gasteiger partial charge < -0.3 is 20.4 Å². The Morgan fingerprint density at radius 3 is 2.79 bits per heavy atom. The van der Waals surface area contributed by atoms with Crippen LogP contribution in [0.1, 0.15) is 36.1 Å². The molecule has 1 aliphatic carbocycles. The van der Waals surface area contributed by atoms with Crippen molar-refractivity contribution in [1.82, 2.24) is 19.9 Å². The zero-order valence-electron chi connectivity index (χ0n) is 16.1. The summed E-state index contributed by atoms with van der Waals surface area (Å²) in [7, 11) is 3.55. The average molecular weight is 380 g/mol. The van der Waals surface area contributed by atoms with Gasteiger partial charge in [-0.2, -0.15) is 0 Å². The summed E-state index contributed by atoms with van der Waals surface area (Å²) in [6.45, 7) is 0.769. The van der Waals surface area contributed by atoms with Gasteiger partial charge in [0.05, 0.1) is 17.4 Å². The van der Waals surface area contributed by atoms with Gasteiger partial charge >= 0.3 is 0 Å². The highest BCUT2D eigenvalue weighted by molar-refractivity contribution is 5.77. The Morgan fingerprint density at radius 1 is 1.25 bits per heavy atom. The Balaban J connectivity index is 1.62. The highest BCUT2D eigenvalue weighted by Gasteiger charge is 2.29. The molecule has 0 aliphatic heterocycles. The van der Waals surface area contributed by atoms with Crippen molar-refractivity contribution in [2.24, 2.45) is 5.73 Å². The Hall–Kier alpha value is -2.84. The number of aromatic nitrogens is 4. The second kappa shape index (κ2) is 7.65. The molecule has 146 valence electrons. The van der Waals surface area contributed by atoms with E-state index in [2.05, 4.69) is 19.9 Å². The van der Waals surface area contributed by atoms with Gasteiger partial charge in [0.1, 0.15) is 18.2 Å². The molecule has 0 atom stereocenters. The van der Waals surface area contributed by atoms with Crippen molar-refractivity contribution >= 4 is 16.7 Å². The third-order valence-corrected chi connectivity index (χ3v) is 5.08. The zero-order chi connectivity index (χ0) is 19.7. The largest absolute Gasteiger partial charge is 0.377 e. The molecule has 3 aromatic rings. The number of ether oxygens (including phenoxy) is 1. The summed E-state index contributed by atoms with van der Waals surface area (Å²) in [5.74, 6) is 2.36. The summed E-state index contributed by atoms with van der Waals surface area (Å²) in [5.41, 5.74) is 7.48. The number of hydrogen-bond acceptors (Lipinski definition) is 7. The fourth-order valence-electron chi connectivity index (χ4n) is 3.52. The SMILES string of the molecule is COCc1nc(C2CC(N)C2)cc(N(C)Cc2nc3ccccc3c(=O)[nH]2)n1. The van der Waals surface area contributed by atoms with Crippen LogP contribution in [0, 0.1) is 0 Å². The molecule has 1 saturated carbocycles. The number of aromatic amines is 1. The molecular weight excluding hydrogens is 356 g/mol. The number of benzene rings is 1. The number of methoxy groups -OCH3 is 1. The summed E-state index contributed by atoms with van der Waals surface area (Å²) >= 11 is 0. The topological polar surface area (TPSA) is 110 Å². The third-order valence-electron chi connectivity index (χ3n) is 5.08. The lowest BCUT2D eigenvalue weighted by atomic mass is 9.78. The van der Waals surface area contributed by atoms with Gasteiger partial charge in [-0.3, -0.25) is 4.79 Å². The lowest BCUT2D eigenvalue weighted by Gasteiger charge is -2.32. The normalized spacial score (nSPS) is 18.8. The van der Waals surface area contributed by atoms with Crippen molar-refractivity contribution < 1.29 is 4.74 Å². The Morgan fingerprint density at radius 2 is 2.04 bits per heavy atom. The molecule has 0 spiro atoms. The number of hydrogen-bond donors (Lipinski definition) is 2. The van der Waals surface area contributed by atoms with Crippen LogP contribution >= 0.6 is 0 Å². The van der Waals surface area contributed by atoms with Crippen LogP contribution in [0.5, 0.6) is 0 Å². The highest BCUT2D eigenvalue weighted by Crippen LogP contribution is 2.35. The lowest BCUT2D eigenvalue weighted by Crippen LogP contribution is -2.35. The number of para-hydroxylation sites is 1. The molecule has 28 heavy (non-hydrogen) atoms. The first-order valence-electron chi connectivity index (χ1n) is 9.35. The third kappa shape index (κ3) is 3.74. The summed E-state index contributed by atoms with van der Waals surface area (Å²) in [6, 6.07) is 9.56. The first-order chi connectivity index (χ1) is 13.5. The van der Waals surface area contributed by atoms with E-state index in [0.717, 1.165) is 24.4 Å². The van der Waals surface area contributed by atoms with Gasteiger partial charge in [-0.1, -0.05) is 12.1 Å². The van der Waals surface area contributed by atoms with E-state index in [-0.39, 0.29) is 11.6 Å². The van der Waals surface area contributed by atoms with Gasteiger partial charge in [0.25, 0.3) is 5.56 Å². The van der Waals surface area contributed by atoms with Crippen LogP contribution in [0.3, 0.4) is 0 Å². The number of H-pyrrole nitrogens is 1. The standard InChI is InChI=1S/C20H24N6O2/c1-26(10-17-22-15-6-4-3-5-14(15)20(27)25-17)19-9-16(12-7-13(21)8-12)23-18(24-19)11-28-2/h3-6,9,12-13H,7-8,10-11,21H2,1-2H3,(H,22,25,27). The first-order valence-corrected chi connectivity index (χ1v) is 9.35. The summed E-state index contributed by atoms with van der Waals surface area (Å²) in [6.07, 6.45) is 1.87. The van der Waals surface area contributed by atoms with Crippen molar-refractivity contribution in [1.29, 1.82) is 0 Å². The molecule has 1 aliphatic rings. The predicted octanol–water partition coefficient (Wildman–Crippen LogP) is 1.70. The highest BCUT2D eigenvalue weighted by atomic mass is 16.5. The molecule has 2 aromatic heterocycles. The zero-order valence-corrected chi connectivity index (χ0v) is 16.1. The lowest BCUT2D eigenvalue weighted by molar-refractivity contribution is 0.177. The van der Waals surface area contributed by atoms with Crippen LogP contribution in [-0.2, 0) is 17.9 Å². The van der Waals surface area contributed by atoms with Crippen LogP contribution in [0.25, 0.3) is 10.9 Å². The molecule has 8 nitrogen and oxygen atoms in total. The number of nitrogens with zero attached hydrogens (tertiary/aromatic N) is 4. The Labute approximate surface area is 162 Å². The maximum Gasteiger partial charge on any atom is 0.258 e. The minimum absolute atomic E-state index is 0.138. The van der Waals surface area contributed by atoms with Crippen molar-refractivity contribution in [2.45, 2.75) is 38.0 Å². The van der Waals surface area contributed by atoms with Gasteiger partial charge in [0.2, 0.25) is 0 Å². The molecule has 0 bridgehead atoms. The summed E-state index contributed by atoms with van der Waals surface area (Å²) in [4.78, 5) is 30.9. The molecular formula is C20H24N6O2. The number of nitrogens with two attached hydrogens (primary N) is 1. The molecule has 0 radical (unpaired) electrons. The van der Waals surface area contributed by atoms with Gasteiger partial charge in [0.15, 0.2) is 5.82 Å². The van der Waals surface area contributed by atoms with E-state index in [0.29, 0.717) is 41.6 Å². The molecule has 3 N–H and O–H groups in total. The molecule has 4 rings (SSSR count). The summed E-state index contributed by atoms with van der Waals surface area (Å²) in [5, 5.41) is 0.585. The second-order valence-electron chi connectivity index (χ2n) is 7.31. The van der Waals surface area contributed by atoms with E-state index < -0.39 is 0 Å². The Kier molecular flexibility index (Phi) is 5.06. The molecule has 2 heterocycles. The van der Waals surface area contributed by atoms with Crippen LogP contribution in [0.4, 0.5) is 5.82 Å². The van der Waals surface area contributed by atoms with E-state index >= 15 is 0 Å². The maximum atomic E-state index is 12.3. The summed E-state index contributed by atoms with van der Waals surface area (Å²) < 4.78 is 5.22. The van der Waals surface area contributed by atoms with Crippen molar-refractivity contribution in [3.05, 3.63) is 58.0 Å². The maximum absolute atomic E-state index is 12.3. The molecule has 1 fully saturated rings. The minimum Gasteiger partial charge on any atom is -0.377 e. The van der Waals surface area contributed by atoms with E-state index in [9.17, 15) is 4.79 Å². The first kappa shape index (κ1) is 18.5. The number of anilines is 1. The molecule has 0 saturated heterocycles.